The van der Waals surface area contributed by atoms with Crippen molar-refractivity contribution in [3.05, 3.63) is 59.7 Å². The molecule has 0 spiro atoms. The molecule has 2 aromatic carbocycles. The van der Waals surface area contributed by atoms with E-state index in [1.54, 1.807) is 6.07 Å². The minimum atomic E-state index is 0.0328. The number of para-hydroxylation sites is 1. The van der Waals surface area contributed by atoms with Crippen molar-refractivity contribution in [1.29, 1.82) is 0 Å². The second-order valence-corrected chi connectivity index (χ2v) is 5.31. The summed E-state index contributed by atoms with van der Waals surface area (Å²) in [4.78, 5) is 14.7. The highest BCUT2D eigenvalue weighted by atomic mass is 16.2. The molecule has 1 amide bonds. The Kier molecular flexibility index (Phi) is 3.18. The van der Waals surface area contributed by atoms with Crippen molar-refractivity contribution in [1.82, 2.24) is 0 Å². The first kappa shape index (κ1) is 12.7. The molecule has 0 unspecified atom stereocenters. The Labute approximate surface area is 119 Å². The van der Waals surface area contributed by atoms with E-state index in [1.165, 1.54) is 0 Å². The van der Waals surface area contributed by atoms with Crippen LogP contribution in [-0.2, 0) is 0 Å². The molecule has 3 heteroatoms. The first-order chi connectivity index (χ1) is 9.66. The molecular weight excluding hydrogens is 248 g/mol. The molecule has 2 aromatic rings. The third kappa shape index (κ3) is 2.39. The number of carbonyl (C=O) groups is 1. The molecule has 3 rings (SSSR count). The average molecular weight is 266 g/mol. The molecule has 2 N–H and O–H groups in total. The van der Waals surface area contributed by atoms with Gasteiger partial charge in [0.15, 0.2) is 0 Å². The number of hydrogen-bond acceptors (Lipinski definition) is 2. The maximum atomic E-state index is 12.8. The molecule has 0 aliphatic heterocycles. The molecule has 3 nitrogen and oxygen atoms in total. The number of anilines is 2. The fourth-order valence-corrected chi connectivity index (χ4v) is 2.33. The molecule has 0 saturated heterocycles. The summed E-state index contributed by atoms with van der Waals surface area (Å²) in [6, 6.07) is 15.7. The van der Waals surface area contributed by atoms with E-state index in [4.69, 9.17) is 5.73 Å². The van der Waals surface area contributed by atoms with Crippen LogP contribution in [0.1, 0.15) is 28.8 Å². The Morgan fingerprint density at radius 2 is 1.85 bits per heavy atom. The summed E-state index contributed by atoms with van der Waals surface area (Å²) in [5.74, 6) is 0.0328. The van der Waals surface area contributed by atoms with Crippen LogP contribution in [0, 0.1) is 6.92 Å². The van der Waals surface area contributed by atoms with Gasteiger partial charge in [-0.15, -0.1) is 0 Å². The van der Waals surface area contributed by atoms with Gasteiger partial charge in [-0.2, -0.15) is 0 Å². The zero-order valence-corrected chi connectivity index (χ0v) is 11.5. The molecule has 0 aromatic heterocycles. The molecule has 1 saturated carbocycles. The third-order valence-corrected chi connectivity index (χ3v) is 3.69. The number of rotatable bonds is 3. The van der Waals surface area contributed by atoms with E-state index >= 15 is 0 Å². The van der Waals surface area contributed by atoms with Gasteiger partial charge in [0.05, 0.1) is 0 Å². The fourth-order valence-electron chi connectivity index (χ4n) is 2.33. The Morgan fingerprint density at radius 1 is 1.15 bits per heavy atom. The van der Waals surface area contributed by atoms with Gasteiger partial charge in [-0.1, -0.05) is 24.3 Å². The lowest BCUT2D eigenvalue weighted by atomic mass is 10.1. The van der Waals surface area contributed by atoms with Crippen LogP contribution in [0.4, 0.5) is 11.4 Å². The number of aryl methyl sites for hydroxylation is 1. The minimum Gasteiger partial charge on any atom is -0.398 e. The summed E-state index contributed by atoms with van der Waals surface area (Å²) < 4.78 is 0. The number of amides is 1. The van der Waals surface area contributed by atoms with Gasteiger partial charge in [0.1, 0.15) is 0 Å². The topological polar surface area (TPSA) is 46.3 Å². The quantitative estimate of drug-likeness (QED) is 0.866. The molecule has 0 radical (unpaired) electrons. The fraction of sp³-hybridized carbons (Fsp3) is 0.235. The number of hydrogen-bond donors (Lipinski definition) is 1. The summed E-state index contributed by atoms with van der Waals surface area (Å²) in [6.45, 7) is 1.94. The Morgan fingerprint density at radius 3 is 2.45 bits per heavy atom. The van der Waals surface area contributed by atoms with Gasteiger partial charge in [0.2, 0.25) is 0 Å². The van der Waals surface area contributed by atoms with Gasteiger partial charge in [0.25, 0.3) is 5.91 Å². The van der Waals surface area contributed by atoms with Gasteiger partial charge in [-0.25, -0.2) is 0 Å². The first-order valence-corrected chi connectivity index (χ1v) is 6.91. The van der Waals surface area contributed by atoms with Gasteiger partial charge in [0, 0.05) is 23.0 Å². The van der Waals surface area contributed by atoms with Crippen molar-refractivity contribution >= 4 is 17.3 Å². The third-order valence-electron chi connectivity index (χ3n) is 3.69. The van der Waals surface area contributed by atoms with E-state index in [2.05, 4.69) is 0 Å². The molecular formula is C17H18N2O. The van der Waals surface area contributed by atoms with E-state index < -0.39 is 0 Å². The van der Waals surface area contributed by atoms with E-state index in [0.29, 0.717) is 17.3 Å². The van der Waals surface area contributed by atoms with Crippen LogP contribution in [-0.4, -0.2) is 11.9 Å². The predicted molar refractivity (Wildman–Crippen MR) is 81.9 cm³/mol. The van der Waals surface area contributed by atoms with Crippen molar-refractivity contribution in [2.45, 2.75) is 25.8 Å². The van der Waals surface area contributed by atoms with E-state index in [-0.39, 0.29) is 5.91 Å². The highest BCUT2D eigenvalue weighted by molar-refractivity contribution is 6.07. The van der Waals surface area contributed by atoms with Crippen LogP contribution in [0.15, 0.2) is 48.5 Å². The van der Waals surface area contributed by atoms with E-state index in [9.17, 15) is 4.79 Å². The van der Waals surface area contributed by atoms with Crippen LogP contribution >= 0.6 is 0 Å². The monoisotopic (exact) mass is 266 g/mol. The second kappa shape index (κ2) is 5.00. The minimum absolute atomic E-state index is 0.0328. The van der Waals surface area contributed by atoms with Gasteiger partial charge >= 0.3 is 0 Å². The van der Waals surface area contributed by atoms with Gasteiger partial charge in [-0.3, -0.25) is 4.79 Å². The van der Waals surface area contributed by atoms with Crippen molar-refractivity contribution in [2.75, 3.05) is 10.6 Å². The van der Waals surface area contributed by atoms with Gasteiger partial charge < -0.3 is 10.6 Å². The zero-order valence-electron chi connectivity index (χ0n) is 11.5. The summed E-state index contributed by atoms with van der Waals surface area (Å²) in [7, 11) is 0. The number of benzene rings is 2. The summed E-state index contributed by atoms with van der Waals surface area (Å²) in [5.41, 5.74) is 9.20. The largest absolute Gasteiger partial charge is 0.398 e. The number of nitrogens with zero attached hydrogens (tertiary/aromatic N) is 1. The number of nitrogens with two attached hydrogens (primary N) is 1. The summed E-state index contributed by atoms with van der Waals surface area (Å²) >= 11 is 0. The predicted octanol–water partition coefficient (Wildman–Crippen LogP) is 3.39. The van der Waals surface area contributed by atoms with Crippen molar-refractivity contribution < 1.29 is 4.79 Å². The maximum absolute atomic E-state index is 12.8. The van der Waals surface area contributed by atoms with Crippen molar-refractivity contribution in [2.24, 2.45) is 0 Å². The Bertz CT molecular complexity index is 633. The van der Waals surface area contributed by atoms with Crippen LogP contribution < -0.4 is 10.6 Å². The molecule has 1 aliphatic rings. The summed E-state index contributed by atoms with van der Waals surface area (Å²) in [6.07, 6.45) is 2.14. The van der Waals surface area contributed by atoms with Crippen molar-refractivity contribution in [3.8, 4) is 0 Å². The van der Waals surface area contributed by atoms with E-state index in [1.807, 2.05) is 54.3 Å². The summed E-state index contributed by atoms with van der Waals surface area (Å²) in [5, 5.41) is 0. The number of nitrogen functional groups attached to an aromatic ring is 1. The molecule has 1 fully saturated rings. The standard InChI is InChI=1S/C17H18N2O/c1-12-7-8-13(11-16(12)18)17(20)19(15-9-10-15)14-5-3-2-4-6-14/h2-8,11,15H,9-10,18H2,1H3. The average Bonchev–Trinajstić information content (AvgIpc) is 3.28. The van der Waals surface area contributed by atoms with E-state index in [0.717, 1.165) is 24.1 Å². The number of carbonyl (C=O) groups excluding carboxylic acids is 1. The lowest BCUT2D eigenvalue weighted by Gasteiger charge is -2.23. The smallest absolute Gasteiger partial charge is 0.258 e. The molecule has 0 bridgehead atoms. The van der Waals surface area contributed by atoms with Crippen LogP contribution in [0.2, 0.25) is 0 Å². The van der Waals surface area contributed by atoms with Crippen LogP contribution in [0.25, 0.3) is 0 Å². The van der Waals surface area contributed by atoms with Gasteiger partial charge in [-0.05, 0) is 49.6 Å². The van der Waals surface area contributed by atoms with Crippen LogP contribution in [0.3, 0.4) is 0 Å². The van der Waals surface area contributed by atoms with Crippen molar-refractivity contribution in [3.63, 3.8) is 0 Å². The normalized spacial score (nSPS) is 14.1. The first-order valence-electron chi connectivity index (χ1n) is 6.91. The molecule has 20 heavy (non-hydrogen) atoms. The zero-order chi connectivity index (χ0) is 14.1. The maximum Gasteiger partial charge on any atom is 0.258 e. The van der Waals surface area contributed by atoms with Crippen LogP contribution in [0.5, 0.6) is 0 Å². The SMILES string of the molecule is Cc1ccc(C(=O)N(c2ccccc2)C2CC2)cc1N. The molecule has 1 aliphatic carbocycles. The molecule has 0 atom stereocenters. The Balaban J connectivity index is 1.95. The molecule has 102 valence electrons. The highest BCUT2D eigenvalue weighted by Crippen LogP contribution is 2.33. The Hall–Kier alpha value is -2.29. The lowest BCUT2D eigenvalue weighted by molar-refractivity contribution is 0.0985. The lowest BCUT2D eigenvalue weighted by Crippen LogP contribution is -2.33. The highest BCUT2D eigenvalue weighted by Gasteiger charge is 2.34. The molecule has 0 heterocycles. The second-order valence-electron chi connectivity index (χ2n) is 5.31.